The molecule has 0 aromatic carbocycles. The predicted octanol–water partition coefficient (Wildman–Crippen LogP) is 0.526. The molecule has 0 aliphatic heterocycles. The molecule has 0 unspecified atom stereocenters. The first-order valence-electron chi connectivity index (χ1n) is 5.52. The van der Waals surface area contributed by atoms with Crippen molar-refractivity contribution in [2.75, 3.05) is 12.8 Å². The molecule has 96 valence electrons. The Morgan fingerprint density at radius 3 is 3.00 bits per heavy atom. The maximum atomic E-state index is 11.4. The molecule has 0 radical (unpaired) electrons. The zero-order valence-electron chi connectivity index (χ0n) is 10.3. The van der Waals surface area contributed by atoms with Crippen molar-refractivity contribution >= 4 is 11.8 Å². The number of nitrogen functional groups attached to an aromatic ring is 1. The fourth-order valence-electron chi connectivity index (χ4n) is 1.76. The number of nitrogens with one attached hydrogen (secondary N) is 1. The number of aromatic amines is 1. The summed E-state index contributed by atoms with van der Waals surface area (Å²) in [6.45, 7) is 2.40. The monoisotopic (exact) mass is 249 g/mol. The van der Waals surface area contributed by atoms with Gasteiger partial charge in [0, 0.05) is 25.4 Å². The molecule has 0 amide bonds. The summed E-state index contributed by atoms with van der Waals surface area (Å²) in [6, 6.07) is 0. The van der Waals surface area contributed by atoms with E-state index in [1.165, 1.54) is 7.11 Å². The molecule has 0 spiro atoms. The normalized spacial score (nSPS) is 10.6. The van der Waals surface area contributed by atoms with E-state index in [0.717, 1.165) is 5.82 Å². The van der Waals surface area contributed by atoms with Crippen LogP contribution in [0.5, 0.6) is 0 Å². The van der Waals surface area contributed by atoms with Crippen LogP contribution < -0.4 is 5.73 Å². The van der Waals surface area contributed by atoms with Crippen LogP contribution in [0.15, 0.2) is 12.4 Å². The Bertz CT molecular complexity index is 544. The third-order valence-electron chi connectivity index (χ3n) is 2.70. The van der Waals surface area contributed by atoms with Crippen molar-refractivity contribution in [2.24, 2.45) is 0 Å². The van der Waals surface area contributed by atoms with Gasteiger partial charge in [-0.15, -0.1) is 0 Å². The Morgan fingerprint density at radius 1 is 1.61 bits per heavy atom. The zero-order valence-corrected chi connectivity index (χ0v) is 10.3. The van der Waals surface area contributed by atoms with Crippen molar-refractivity contribution in [1.82, 2.24) is 19.5 Å². The summed E-state index contributed by atoms with van der Waals surface area (Å²) in [5, 5.41) is 0. The summed E-state index contributed by atoms with van der Waals surface area (Å²) in [6.07, 6.45) is 4.15. The van der Waals surface area contributed by atoms with E-state index in [0.29, 0.717) is 24.6 Å². The highest BCUT2D eigenvalue weighted by molar-refractivity contribution is 5.92. The number of carbonyl (C=O) groups excluding carboxylic acids is 1. The summed E-state index contributed by atoms with van der Waals surface area (Å²) in [5.41, 5.74) is 6.05. The molecule has 2 aromatic heterocycles. The highest BCUT2D eigenvalue weighted by Crippen LogP contribution is 2.15. The van der Waals surface area contributed by atoms with E-state index in [2.05, 4.69) is 19.7 Å². The van der Waals surface area contributed by atoms with Gasteiger partial charge in [0.2, 0.25) is 0 Å². The number of hydrogen-bond donors (Lipinski definition) is 2. The molecular weight excluding hydrogens is 234 g/mol. The first kappa shape index (κ1) is 12.2. The fraction of sp³-hybridized carbons (Fsp3) is 0.364. The van der Waals surface area contributed by atoms with Crippen LogP contribution in [0.2, 0.25) is 0 Å². The maximum Gasteiger partial charge on any atom is 0.360 e. The van der Waals surface area contributed by atoms with Crippen molar-refractivity contribution in [2.45, 2.75) is 19.9 Å². The second kappa shape index (κ2) is 4.91. The molecule has 2 aromatic rings. The van der Waals surface area contributed by atoms with Gasteiger partial charge in [-0.1, -0.05) is 0 Å². The van der Waals surface area contributed by atoms with Crippen LogP contribution in [0.25, 0.3) is 0 Å². The number of anilines is 1. The van der Waals surface area contributed by atoms with Crippen LogP contribution in [0, 0.1) is 6.92 Å². The lowest BCUT2D eigenvalue weighted by Crippen LogP contribution is -2.10. The molecule has 0 aliphatic carbocycles. The van der Waals surface area contributed by atoms with Crippen molar-refractivity contribution in [1.29, 1.82) is 0 Å². The largest absolute Gasteiger partial charge is 0.464 e. The summed E-state index contributed by atoms with van der Waals surface area (Å²) in [4.78, 5) is 22.7. The van der Waals surface area contributed by atoms with E-state index < -0.39 is 5.97 Å². The first-order valence-corrected chi connectivity index (χ1v) is 5.52. The predicted molar refractivity (Wildman–Crippen MR) is 65.0 cm³/mol. The van der Waals surface area contributed by atoms with Crippen LogP contribution in [-0.4, -0.2) is 32.6 Å². The molecule has 2 rings (SSSR count). The van der Waals surface area contributed by atoms with Gasteiger partial charge in [-0.05, 0) is 6.92 Å². The molecule has 0 saturated heterocycles. The number of hydrogen-bond acceptors (Lipinski definition) is 5. The van der Waals surface area contributed by atoms with Crippen molar-refractivity contribution in [3.05, 3.63) is 29.7 Å². The second-order valence-electron chi connectivity index (χ2n) is 3.82. The van der Waals surface area contributed by atoms with E-state index in [9.17, 15) is 4.79 Å². The number of ether oxygens (including phenoxy) is 1. The molecule has 2 heterocycles. The quantitative estimate of drug-likeness (QED) is 0.770. The summed E-state index contributed by atoms with van der Waals surface area (Å²) < 4.78 is 6.40. The lowest BCUT2D eigenvalue weighted by molar-refractivity contribution is 0.0595. The van der Waals surface area contributed by atoms with Crippen LogP contribution >= 0.6 is 0 Å². The smallest absolute Gasteiger partial charge is 0.360 e. The van der Waals surface area contributed by atoms with Gasteiger partial charge in [0.05, 0.1) is 7.11 Å². The minimum Gasteiger partial charge on any atom is -0.464 e. The topological polar surface area (TPSA) is 98.8 Å². The summed E-state index contributed by atoms with van der Waals surface area (Å²) >= 11 is 0. The third kappa shape index (κ3) is 2.20. The number of imidazole rings is 2. The number of carbonyl (C=O) groups is 1. The molecule has 18 heavy (non-hydrogen) atoms. The van der Waals surface area contributed by atoms with Gasteiger partial charge in [0.1, 0.15) is 17.5 Å². The van der Waals surface area contributed by atoms with Gasteiger partial charge < -0.3 is 20.0 Å². The van der Waals surface area contributed by atoms with E-state index in [1.54, 1.807) is 23.9 Å². The Labute approximate surface area is 104 Å². The molecule has 7 nitrogen and oxygen atoms in total. The van der Waals surface area contributed by atoms with E-state index >= 15 is 0 Å². The minimum atomic E-state index is -0.521. The van der Waals surface area contributed by atoms with Crippen LogP contribution in [0.3, 0.4) is 0 Å². The SMILES string of the molecule is COC(=O)c1nc(C)n(CCc2ncc[nH]2)c1N. The molecule has 7 heteroatoms. The highest BCUT2D eigenvalue weighted by Gasteiger charge is 2.18. The molecular formula is C11H15N5O2. The molecule has 0 atom stereocenters. The Balaban J connectivity index is 2.18. The van der Waals surface area contributed by atoms with Crippen LogP contribution in [-0.2, 0) is 17.7 Å². The number of H-pyrrole nitrogens is 1. The van der Waals surface area contributed by atoms with Crippen molar-refractivity contribution in [3.63, 3.8) is 0 Å². The third-order valence-corrected chi connectivity index (χ3v) is 2.70. The number of aromatic nitrogens is 4. The average molecular weight is 249 g/mol. The van der Waals surface area contributed by atoms with Gasteiger partial charge in [-0.3, -0.25) is 0 Å². The minimum absolute atomic E-state index is 0.162. The molecule has 0 aliphatic rings. The number of methoxy groups -OCH3 is 1. The van der Waals surface area contributed by atoms with E-state index in [-0.39, 0.29) is 5.69 Å². The molecule has 3 N–H and O–H groups in total. The Kier molecular flexibility index (Phi) is 3.31. The fourth-order valence-corrected chi connectivity index (χ4v) is 1.76. The summed E-state index contributed by atoms with van der Waals surface area (Å²) in [7, 11) is 1.30. The van der Waals surface area contributed by atoms with Crippen molar-refractivity contribution in [3.8, 4) is 0 Å². The number of nitrogens with zero attached hydrogens (tertiary/aromatic N) is 3. The number of aryl methyl sites for hydroxylation is 2. The van der Waals surface area contributed by atoms with Crippen LogP contribution in [0.4, 0.5) is 5.82 Å². The zero-order chi connectivity index (χ0) is 13.1. The van der Waals surface area contributed by atoms with Gasteiger partial charge in [-0.25, -0.2) is 14.8 Å². The number of rotatable bonds is 4. The first-order chi connectivity index (χ1) is 8.63. The van der Waals surface area contributed by atoms with E-state index in [4.69, 9.17) is 5.73 Å². The standard InChI is InChI=1S/C11H15N5O2/c1-7-15-9(11(17)18-2)10(12)16(7)6-3-8-13-4-5-14-8/h4-5H,3,6,12H2,1-2H3,(H,13,14). The lowest BCUT2D eigenvalue weighted by atomic mass is 10.4. The number of esters is 1. The molecule has 0 fully saturated rings. The maximum absolute atomic E-state index is 11.4. The van der Waals surface area contributed by atoms with Gasteiger partial charge in [0.15, 0.2) is 5.69 Å². The Hall–Kier alpha value is -2.31. The average Bonchev–Trinajstić information content (AvgIpc) is 2.96. The van der Waals surface area contributed by atoms with Crippen molar-refractivity contribution < 1.29 is 9.53 Å². The van der Waals surface area contributed by atoms with Gasteiger partial charge in [0.25, 0.3) is 0 Å². The lowest BCUT2D eigenvalue weighted by Gasteiger charge is -2.06. The highest BCUT2D eigenvalue weighted by atomic mass is 16.5. The van der Waals surface area contributed by atoms with Gasteiger partial charge in [-0.2, -0.15) is 0 Å². The molecule has 0 saturated carbocycles. The Morgan fingerprint density at radius 2 is 2.39 bits per heavy atom. The summed E-state index contributed by atoms with van der Waals surface area (Å²) in [5.74, 6) is 1.35. The second-order valence-corrected chi connectivity index (χ2v) is 3.82. The number of nitrogens with two attached hydrogens (primary N) is 1. The molecule has 0 bridgehead atoms. The van der Waals surface area contributed by atoms with E-state index in [1.807, 2.05) is 0 Å². The van der Waals surface area contributed by atoms with Crippen LogP contribution in [0.1, 0.15) is 22.1 Å². The van der Waals surface area contributed by atoms with Gasteiger partial charge >= 0.3 is 5.97 Å².